The molecule has 0 aliphatic heterocycles. The number of unbranched alkanes of at least 4 members (excludes halogenated alkanes) is 1. The van der Waals surface area contributed by atoms with Crippen molar-refractivity contribution in [2.75, 3.05) is 10.8 Å². The third-order valence-electron chi connectivity index (χ3n) is 4.31. The fourth-order valence-electron chi connectivity index (χ4n) is 2.81. The highest BCUT2D eigenvalue weighted by Gasteiger charge is 2.31. The molecular weight excluding hydrogens is 378 g/mol. The second-order valence-corrected chi connectivity index (χ2v) is 9.44. The molecule has 0 saturated heterocycles. The summed E-state index contributed by atoms with van der Waals surface area (Å²) in [5.74, 6) is 0. The number of para-hydroxylation sites is 1. The summed E-state index contributed by atoms with van der Waals surface area (Å²) in [5.41, 5.74) is 1.21. The van der Waals surface area contributed by atoms with Crippen molar-refractivity contribution in [1.29, 1.82) is 0 Å². The molecule has 0 unspecified atom stereocenters. The van der Waals surface area contributed by atoms with E-state index in [1.807, 2.05) is 61.7 Å². The maximum absolute atomic E-state index is 13.7. The maximum atomic E-state index is 13.7. The Morgan fingerprint density at radius 3 is 2.48 bits per heavy atom. The summed E-state index contributed by atoms with van der Waals surface area (Å²) in [7, 11) is -3.74. The molecule has 144 valence electrons. The van der Waals surface area contributed by atoms with Gasteiger partial charge < -0.3 is 0 Å². The molecule has 2 aromatic heterocycles. The van der Waals surface area contributed by atoms with E-state index in [9.17, 15) is 8.42 Å². The average Bonchev–Trinajstić information content (AvgIpc) is 3.32. The van der Waals surface area contributed by atoms with Crippen LogP contribution in [-0.4, -0.2) is 24.7 Å². The lowest BCUT2D eigenvalue weighted by molar-refractivity contribution is 0.532. The summed E-state index contributed by atoms with van der Waals surface area (Å²) in [6.07, 6.45) is 3.37. The number of benzene rings is 1. The smallest absolute Gasteiger partial charge is 0.268 e. The molecule has 0 fully saturated rings. The van der Waals surface area contributed by atoms with Crippen molar-refractivity contribution in [2.45, 2.75) is 44.6 Å². The number of rotatable bonds is 8. The third-order valence-corrected chi connectivity index (χ3v) is 7.01. The Kier molecular flexibility index (Phi) is 6.01. The zero-order valence-electron chi connectivity index (χ0n) is 15.9. The van der Waals surface area contributed by atoms with Gasteiger partial charge in [0.25, 0.3) is 10.0 Å². The Morgan fingerprint density at radius 2 is 1.89 bits per heavy atom. The normalized spacial score (nSPS) is 11.9. The van der Waals surface area contributed by atoms with Crippen LogP contribution in [0.1, 0.15) is 39.7 Å². The Hall–Kier alpha value is -2.12. The fraction of sp³-hybridized carbons (Fsp3) is 0.350. The topological polar surface area (TPSA) is 55.2 Å². The summed E-state index contributed by atoms with van der Waals surface area (Å²) in [6, 6.07) is 13.2. The lowest BCUT2D eigenvalue weighted by Gasteiger charge is -2.24. The number of hydrogen-bond acceptors (Lipinski definition) is 4. The average molecular weight is 404 g/mol. The largest absolute Gasteiger partial charge is 0.268 e. The highest BCUT2D eigenvalue weighted by atomic mass is 32.2. The predicted molar refractivity (Wildman–Crippen MR) is 112 cm³/mol. The van der Waals surface area contributed by atoms with E-state index in [1.54, 1.807) is 10.9 Å². The molecule has 0 aliphatic carbocycles. The Bertz CT molecular complexity index is 962. The van der Waals surface area contributed by atoms with E-state index in [2.05, 4.69) is 12.0 Å². The van der Waals surface area contributed by atoms with Crippen LogP contribution in [0.4, 0.5) is 5.69 Å². The summed E-state index contributed by atoms with van der Waals surface area (Å²) in [5, 5.41) is 6.53. The van der Waals surface area contributed by atoms with Crippen molar-refractivity contribution in [3.05, 3.63) is 54.0 Å². The Labute approximate surface area is 165 Å². The van der Waals surface area contributed by atoms with E-state index in [0.29, 0.717) is 17.9 Å². The molecular formula is C20H25N3O2S2. The summed E-state index contributed by atoms with van der Waals surface area (Å²) in [4.78, 5) is 1.12. The number of hydrogen-bond donors (Lipinski definition) is 0. The summed E-state index contributed by atoms with van der Waals surface area (Å²) < 4.78 is 30.6. The summed E-state index contributed by atoms with van der Waals surface area (Å²) in [6.45, 7) is 6.49. The number of aromatic nitrogens is 2. The summed E-state index contributed by atoms with van der Waals surface area (Å²) >= 11 is 1.50. The van der Waals surface area contributed by atoms with E-state index in [1.165, 1.54) is 15.6 Å². The van der Waals surface area contributed by atoms with Crippen LogP contribution in [0.25, 0.3) is 10.6 Å². The van der Waals surface area contributed by atoms with Crippen LogP contribution in [0.5, 0.6) is 0 Å². The van der Waals surface area contributed by atoms with Gasteiger partial charge in [-0.15, -0.1) is 11.3 Å². The van der Waals surface area contributed by atoms with Gasteiger partial charge in [-0.2, -0.15) is 5.10 Å². The number of nitrogens with zero attached hydrogens (tertiary/aromatic N) is 3. The monoisotopic (exact) mass is 403 g/mol. The van der Waals surface area contributed by atoms with Crippen LogP contribution in [0.3, 0.4) is 0 Å². The minimum Gasteiger partial charge on any atom is -0.268 e. The second kappa shape index (κ2) is 8.27. The van der Waals surface area contributed by atoms with Crippen molar-refractivity contribution in [3.8, 4) is 10.6 Å². The molecule has 0 N–H and O–H groups in total. The first-order valence-corrected chi connectivity index (χ1v) is 11.5. The molecule has 3 aromatic rings. The van der Waals surface area contributed by atoms with E-state index < -0.39 is 10.0 Å². The molecule has 2 heterocycles. The molecule has 27 heavy (non-hydrogen) atoms. The molecule has 0 atom stereocenters. The SMILES string of the molecule is CCCCN(c1ccccc1)S(=O)(=O)c1cn(C(C)C)nc1-c1cccs1. The molecule has 5 nitrogen and oxygen atoms in total. The van der Waals surface area contributed by atoms with Gasteiger partial charge in [0.1, 0.15) is 10.6 Å². The molecule has 0 radical (unpaired) electrons. The molecule has 0 spiro atoms. The van der Waals surface area contributed by atoms with Crippen LogP contribution in [-0.2, 0) is 10.0 Å². The van der Waals surface area contributed by atoms with Gasteiger partial charge in [-0.25, -0.2) is 8.42 Å². The predicted octanol–water partition coefficient (Wildman–Crippen LogP) is 5.19. The molecule has 7 heteroatoms. The molecule has 0 aliphatic rings. The minimum atomic E-state index is -3.74. The number of thiophene rings is 1. The standard InChI is InChI=1S/C20H25N3O2S2/c1-4-5-13-23(17-10-7-6-8-11-17)27(24,25)19-15-22(16(2)3)21-20(19)18-12-9-14-26-18/h6-12,14-16H,4-5,13H2,1-3H3. The molecule has 0 saturated carbocycles. The van der Waals surface area contributed by atoms with Gasteiger partial charge in [0.15, 0.2) is 0 Å². The molecule has 0 bridgehead atoms. The van der Waals surface area contributed by atoms with Gasteiger partial charge in [0.2, 0.25) is 0 Å². The molecule has 0 amide bonds. The van der Waals surface area contributed by atoms with E-state index >= 15 is 0 Å². The first-order valence-electron chi connectivity index (χ1n) is 9.16. The van der Waals surface area contributed by atoms with Crippen molar-refractivity contribution in [2.24, 2.45) is 0 Å². The van der Waals surface area contributed by atoms with Gasteiger partial charge in [-0.1, -0.05) is 37.6 Å². The first-order chi connectivity index (χ1) is 12.9. The Balaban J connectivity index is 2.14. The zero-order chi connectivity index (χ0) is 19.4. The third kappa shape index (κ3) is 4.09. The molecule has 1 aromatic carbocycles. The zero-order valence-corrected chi connectivity index (χ0v) is 17.5. The first kappa shape index (κ1) is 19.6. The van der Waals surface area contributed by atoms with Gasteiger partial charge in [-0.3, -0.25) is 8.99 Å². The van der Waals surface area contributed by atoms with Crippen LogP contribution in [0, 0.1) is 0 Å². The number of anilines is 1. The molecule has 3 rings (SSSR count). The van der Waals surface area contributed by atoms with E-state index in [0.717, 1.165) is 17.7 Å². The van der Waals surface area contributed by atoms with Crippen LogP contribution >= 0.6 is 11.3 Å². The Morgan fingerprint density at radius 1 is 1.15 bits per heavy atom. The van der Waals surface area contributed by atoms with Gasteiger partial charge in [0, 0.05) is 18.8 Å². The fourth-order valence-corrected chi connectivity index (χ4v) is 5.25. The van der Waals surface area contributed by atoms with Gasteiger partial charge in [0.05, 0.1) is 10.6 Å². The van der Waals surface area contributed by atoms with Crippen LogP contribution in [0.15, 0.2) is 58.9 Å². The van der Waals surface area contributed by atoms with Crippen LogP contribution in [0.2, 0.25) is 0 Å². The second-order valence-electron chi connectivity index (χ2n) is 6.66. The quantitative estimate of drug-likeness (QED) is 0.520. The van der Waals surface area contributed by atoms with Gasteiger partial charge in [-0.05, 0) is 43.8 Å². The van der Waals surface area contributed by atoms with Crippen molar-refractivity contribution in [3.63, 3.8) is 0 Å². The highest BCUT2D eigenvalue weighted by Crippen LogP contribution is 2.34. The minimum absolute atomic E-state index is 0.0773. The van der Waals surface area contributed by atoms with E-state index in [4.69, 9.17) is 0 Å². The lowest BCUT2D eigenvalue weighted by atomic mass is 10.3. The highest BCUT2D eigenvalue weighted by molar-refractivity contribution is 7.93. The van der Waals surface area contributed by atoms with Crippen molar-refractivity contribution >= 4 is 27.0 Å². The maximum Gasteiger partial charge on any atom is 0.268 e. The number of sulfonamides is 1. The van der Waals surface area contributed by atoms with Crippen LogP contribution < -0.4 is 4.31 Å². The van der Waals surface area contributed by atoms with Gasteiger partial charge >= 0.3 is 0 Å². The van der Waals surface area contributed by atoms with Crippen molar-refractivity contribution in [1.82, 2.24) is 9.78 Å². The lowest BCUT2D eigenvalue weighted by Crippen LogP contribution is -2.32. The van der Waals surface area contributed by atoms with Crippen molar-refractivity contribution < 1.29 is 8.42 Å². The van der Waals surface area contributed by atoms with E-state index in [-0.39, 0.29) is 10.9 Å².